The van der Waals surface area contributed by atoms with Gasteiger partial charge in [-0.05, 0) is 38.1 Å². The molecule has 6 heteroatoms. The molecule has 1 fully saturated rings. The Morgan fingerprint density at radius 3 is 2.70 bits per heavy atom. The highest BCUT2D eigenvalue weighted by Crippen LogP contribution is 2.33. The van der Waals surface area contributed by atoms with Gasteiger partial charge in [-0.1, -0.05) is 0 Å². The zero-order chi connectivity index (χ0) is 14.5. The number of halogens is 3. The Balaban J connectivity index is 2.10. The van der Waals surface area contributed by atoms with Gasteiger partial charge in [0.05, 0.1) is 16.6 Å². The van der Waals surface area contributed by atoms with Crippen molar-refractivity contribution in [1.29, 1.82) is 0 Å². The lowest BCUT2D eigenvalue weighted by Gasteiger charge is -2.14. The Bertz CT molecular complexity index is 645. The molecule has 1 aliphatic rings. The molecule has 2 unspecified atom stereocenters. The minimum absolute atomic E-state index is 0.252. The molecule has 1 N–H and O–H groups in total. The van der Waals surface area contributed by atoms with Crippen LogP contribution in [0.2, 0.25) is 0 Å². The summed E-state index contributed by atoms with van der Waals surface area (Å²) in [7, 11) is 1.86. The number of alkyl halides is 3. The van der Waals surface area contributed by atoms with Crippen LogP contribution in [0.3, 0.4) is 0 Å². The predicted octanol–water partition coefficient (Wildman–Crippen LogP) is 3.06. The van der Waals surface area contributed by atoms with Crippen molar-refractivity contribution in [2.24, 2.45) is 7.05 Å². The number of fused-ring (bicyclic) bond motifs is 1. The van der Waals surface area contributed by atoms with Crippen molar-refractivity contribution >= 4 is 11.0 Å². The zero-order valence-corrected chi connectivity index (χ0v) is 11.3. The maximum Gasteiger partial charge on any atom is 0.416 e. The van der Waals surface area contributed by atoms with Crippen molar-refractivity contribution in [3.63, 3.8) is 0 Å². The van der Waals surface area contributed by atoms with E-state index in [-0.39, 0.29) is 5.92 Å². The molecule has 1 aromatic carbocycles. The first-order valence-electron chi connectivity index (χ1n) is 6.65. The fourth-order valence-electron chi connectivity index (χ4n) is 2.94. The van der Waals surface area contributed by atoms with E-state index >= 15 is 0 Å². The number of aromatic nitrogens is 2. The molecular weight excluding hydrogens is 267 g/mol. The number of hydrogen-bond acceptors (Lipinski definition) is 2. The van der Waals surface area contributed by atoms with E-state index in [0.29, 0.717) is 11.6 Å². The molecule has 0 spiro atoms. The minimum atomic E-state index is -4.33. The Morgan fingerprint density at radius 2 is 2.10 bits per heavy atom. The van der Waals surface area contributed by atoms with E-state index in [1.54, 1.807) is 0 Å². The van der Waals surface area contributed by atoms with E-state index in [1.165, 1.54) is 6.07 Å². The van der Waals surface area contributed by atoms with Crippen molar-refractivity contribution in [3.8, 4) is 0 Å². The molecule has 2 atom stereocenters. The largest absolute Gasteiger partial charge is 0.416 e. The first kappa shape index (κ1) is 13.4. The van der Waals surface area contributed by atoms with Gasteiger partial charge in [0.2, 0.25) is 0 Å². The van der Waals surface area contributed by atoms with E-state index in [1.807, 2.05) is 11.6 Å². The van der Waals surface area contributed by atoms with Gasteiger partial charge in [-0.3, -0.25) is 0 Å². The van der Waals surface area contributed by atoms with E-state index in [0.717, 1.165) is 36.4 Å². The molecule has 1 aromatic heterocycles. The number of hydrogen-bond donors (Lipinski definition) is 1. The summed E-state index contributed by atoms with van der Waals surface area (Å²) >= 11 is 0. The average Bonchev–Trinajstić information content (AvgIpc) is 2.92. The summed E-state index contributed by atoms with van der Waals surface area (Å²) in [5.41, 5.74) is 0.510. The average molecular weight is 283 g/mol. The Kier molecular flexibility index (Phi) is 3.01. The topological polar surface area (TPSA) is 29.9 Å². The molecule has 1 aliphatic heterocycles. The SMILES string of the molecule is CC1NCCC1c1nc2cc(C(F)(F)F)ccc2n1C. The van der Waals surface area contributed by atoms with Crippen molar-refractivity contribution in [2.45, 2.75) is 31.5 Å². The van der Waals surface area contributed by atoms with Crippen molar-refractivity contribution in [1.82, 2.24) is 14.9 Å². The van der Waals surface area contributed by atoms with Crippen LogP contribution >= 0.6 is 0 Å². The lowest BCUT2D eigenvalue weighted by molar-refractivity contribution is -0.137. The summed E-state index contributed by atoms with van der Waals surface area (Å²) in [5.74, 6) is 1.11. The molecule has 1 saturated heterocycles. The van der Waals surface area contributed by atoms with Crippen LogP contribution in [0.15, 0.2) is 18.2 Å². The molecule has 0 saturated carbocycles. The maximum absolute atomic E-state index is 12.7. The van der Waals surface area contributed by atoms with Crippen LogP contribution in [0.25, 0.3) is 11.0 Å². The standard InChI is InChI=1S/C14H16F3N3/c1-8-10(5-6-18-8)13-19-11-7-9(14(15,16)17)3-4-12(11)20(13)2/h3-4,7-8,10,18H,5-6H2,1-2H3. The van der Waals surface area contributed by atoms with Crippen LogP contribution in [0.4, 0.5) is 13.2 Å². The van der Waals surface area contributed by atoms with E-state index < -0.39 is 11.7 Å². The monoisotopic (exact) mass is 283 g/mol. The molecule has 108 valence electrons. The first-order chi connectivity index (χ1) is 9.38. The van der Waals surface area contributed by atoms with Crippen LogP contribution in [0.5, 0.6) is 0 Å². The molecule has 0 aliphatic carbocycles. The van der Waals surface area contributed by atoms with Gasteiger partial charge in [0.25, 0.3) is 0 Å². The second kappa shape index (κ2) is 4.48. The molecule has 3 rings (SSSR count). The highest BCUT2D eigenvalue weighted by Gasteiger charge is 2.32. The third-order valence-corrected chi connectivity index (χ3v) is 4.10. The highest BCUT2D eigenvalue weighted by atomic mass is 19.4. The summed E-state index contributed by atoms with van der Waals surface area (Å²) in [6, 6.07) is 4.05. The fourth-order valence-corrected chi connectivity index (χ4v) is 2.94. The summed E-state index contributed by atoms with van der Waals surface area (Å²) in [5, 5.41) is 3.34. The predicted molar refractivity (Wildman–Crippen MR) is 70.5 cm³/mol. The first-order valence-corrected chi connectivity index (χ1v) is 6.65. The lowest BCUT2D eigenvalue weighted by atomic mass is 10.0. The molecule has 2 heterocycles. The van der Waals surface area contributed by atoms with Gasteiger partial charge in [0.15, 0.2) is 0 Å². The Hall–Kier alpha value is -1.56. The van der Waals surface area contributed by atoms with Crippen LogP contribution in [-0.2, 0) is 13.2 Å². The van der Waals surface area contributed by atoms with Crippen LogP contribution in [0.1, 0.15) is 30.7 Å². The van der Waals surface area contributed by atoms with Gasteiger partial charge in [0, 0.05) is 19.0 Å². The molecule has 0 amide bonds. The molecule has 20 heavy (non-hydrogen) atoms. The van der Waals surface area contributed by atoms with Gasteiger partial charge in [-0.25, -0.2) is 4.98 Å². The number of nitrogens with one attached hydrogen (secondary N) is 1. The Labute approximate surface area is 114 Å². The minimum Gasteiger partial charge on any atom is -0.331 e. The third-order valence-electron chi connectivity index (χ3n) is 4.10. The second-order valence-corrected chi connectivity index (χ2v) is 5.37. The normalized spacial score (nSPS) is 23.6. The quantitative estimate of drug-likeness (QED) is 0.871. The van der Waals surface area contributed by atoms with Crippen LogP contribution in [0, 0.1) is 0 Å². The summed E-state index contributed by atoms with van der Waals surface area (Å²) in [4.78, 5) is 4.44. The number of benzene rings is 1. The molecule has 0 radical (unpaired) electrons. The summed E-state index contributed by atoms with van der Waals surface area (Å²) in [6.07, 6.45) is -3.36. The van der Waals surface area contributed by atoms with Gasteiger partial charge in [-0.15, -0.1) is 0 Å². The van der Waals surface area contributed by atoms with Gasteiger partial charge >= 0.3 is 6.18 Å². The van der Waals surface area contributed by atoms with E-state index in [2.05, 4.69) is 17.2 Å². The number of imidazole rings is 1. The molecule has 2 aromatic rings. The summed E-state index contributed by atoms with van der Waals surface area (Å²) < 4.78 is 40.1. The molecule has 0 bridgehead atoms. The molecular formula is C14H16F3N3. The molecule has 3 nitrogen and oxygen atoms in total. The van der Waals surface area contributed by atoms with E-state index in [4.69, 9.17) is 0 Å². The zero-order valence-electron chi connectivity index (χ0n) is 11.3. The van der Waals surface area contributed by atoms with E-state index in [9.17, 15) is 13.2 Å². The van der Waals surface area contributed by atoms with Crippen molar-refractivity contribution in [2.75, 3.05) is 6.54 Å². The van der Waals surface area contributed by atoms with Gasteiger partial charge in [-0.2, -0.15) is 13.2 Å². The third kappa shape index (κ3) is 2.08. The van der Waals surface area contributed by atoms with Crippen LogP contribution < -0.4 is 5.32 Å². The lowest BCUT2D eigenvalue weighted by Crippen LogP contribution is -2.23. The van der Waals surface area contributed by atoms with Gasteiger partial charge < -0.3 is 9.88 Å². The fraction of sp³-hybridized carbons (Fsp3) is 0.500. The number of rotatable bonds is 1. The van der Waals surface area contributed by atoms with Crippen molar-refractivity contribution in [3.05, 3.63) is 29.6 Å². The van der Waals surface area contributed by atoms with Crippen LogP contribution in [-0.4, -0.2) is 22.1 Å². The smallest absolute Gasteiger partial charge is 0.331 e. The maximum atomic E-state index is 12.7. The highest BCUT2D eigenvalue weighted by molar-refractivity contribution is 5.77. The number of nitrogens with zero attached hydrogens (tertiary/aromatic N) is 2. The van der Waals surface area contributed by atoms with Crippen molar-refractivity contribution < 1.29 is 13.2 Å². The van der Waals surface area contributed by atoms with Gasteiger partial charge in [0.1, 0.15) is 5.82 Å². The number of aryl methyl sites for hydroxylation is 1. The summed E-state index contributed by atoms with van der Waals surface area (Å²) in [6.45, 7) is 3.00. The second-order valence-electron chi connectivity index (χ2n) is 5.37. The Morgan fingerprint density at radius 1 is 1.35 bits per heavy atom.